The van der Waals surface area contributed by atoms with Gasteiger partial charge in [-0.05, 0) is 17.7 Å². The highest BCUT2D eigenvalue weighted by Crippen LogP contribution is 2.12. The van der Waals surface area contributed by atoms with Gasteiger partial charge in [0.25, 0.3) is 0 Å². The molecule has 0 saturated carbocycles. The third-order valence-electron chi connectivity index (χ3n) is 2.23. The van der Waals surface area contributed by atoms with Crippen molar-refractivity contribution in [3.8, 4) is 0 Å². The van der Waals surface area contributed by atoms with Crippen molar-refractivity contribution in [3.63, 3.8) is 0 Å². The van der Waals surface area contributed by atoms with Crippen LogP contribution in [0, 0.1) is 11.6 Å². The minimum absolute atomic E-state index is 0.148. The topological polar surface area (TPSA) is 42.9 Å². The van der Waals surface area contributed by atoms with E-state index in [1.807, 2.05) is 0 Å². The van der Waals surface area contributed by atoms with Crippen molar-refractivity contribution in [1.82, 2.24) is 9.97 Å². The summed E-state index contributed by atoms with van der Waals surface area (Å²) in [5.74, 6) is -1.73. The number of aromatic nitrogens is 2. The number of hydrogen-bond donors (Lipinski definition) is 0. The SMILES string of the molecule is O=C(Cc1ccc(F)cc1F)c1ccncn1. The summed E-state index contributed by atoms with van der Waals surface area (Å²) in [7, 11) is 0. The number of carbonyl (C=O) groups excluding carboxylic acids is 1. The lowest BCUT2D eigenvalue weighted by atomic mass is 10.1. The summed E-state index contributed by atoms with van der Waals surface area (Å²) >= 11 is 0. The Morgan fingerprint density at radius 3 is 2.71 bits per heavy atom. The van der Waals surface area contributed by atoms with Crippen LogP contribution in [0.5, 0.6) is 0 Å². The normalized spacial score (nSPS) is 10.2. The Kier molecular flexibility index (Phi) is 3.18. The Labute approximate surface area is 96.2 Å². The van der Waals surface area contributed by atoms with E-state index >= 15 is 0 Å². The maximum atomic E-state index is 13.3. The molecule has 5 heteroatoms. The van der Waals surface area contributed by atoms with Gasteiger partial charge in [0.05, 0.1) is 0 Å². The van der Waals surface area contributed by atoms with E-state index in [0.717, 1.165) is 12.1 Å². The van der Waals surface area contributed by atoms with Crippen LogP contribution in [0.1, 0.15) is 16.1 Å². The van der Waals surface area contributed by atoms with E-state index in [-0.39, 0.29) is 23.5 Å². The van der Waals surface area contributed by atoms with Crippen molar-refractivity contribution in [2.75, 3.05) is 0 Å². The molecule has 1 aromatic heterocycles. The van der Waals surface area contributed by atoms with Gasteiger partial charge >= 0.3 is 0 Å². The zero-order valence-corrected chi connectivity index (χ0v) is 8.73. The Morgan fingerprint density at radius 2 is 2.06 bits per heavy atom. The molecule has 2 aromatic rings. The monoisotopic (exact) mass is 234 g/mol. The Bertz CT molecular complexity index is 543. The van der Waals surface area contributed by atoms with Crippen LogP contribution in [-0.4, -0.2) is 15.8 Å². The van der Waals surface area contributed by atoms with Crippen LogP contribution in [0.4, 0.5) is 8.78 Å². The first-order chi connectivity index (χ1) is 8.16. The summed E-state index contributed by atoms with van der Waals surface area (Å²) in [5.41, 5.74) is 0.360. The van der Waals surface area contributed by atoms with Gasteiger partial charge in [-0.3, -0.25) is 4.79 Å². The average molecular weight is 234 g/mol. The zero-order valence-electron chi connectivity index (χ0n) is 8.73. The number of Topliss-reactive ketones (excluding diaryl/α,β-unsaturated/α-hetero) is 1. The summed E-state index contributed by atoms with van der Waals surface area (Å²) in [6.07, 6.45) is 2.53. The van der Waals surface area contributed by atoms with E-state index < -0.39 is 11.6 Å². The number of hydrogen-bond acceptors (Lipinski definition) is 3. The van der Waals surface area contributed by atoms with E-state index in [1.54, 1.807) is 0 Å². The van der Waals surface area contributed by atoms with Crippen molar-refractivity contribution >= 4 is 5.78 Å². The van der Waals surface area contributed by atoms with Gasteiger partial charge < -0.3 is 0 Å². The molecule has 0 amide bonds. The fourth-order valence-corrected chi connectivity index (χ4v) is 1.38. The van der Waals surface area contributed by atoms with Gasteiger partial charge in [-0.2, -0.15) is 0 Å². The first-order valence-electron chi connectivity index (χ1n) is 4.90. The van der Waals surface area contributed by atoms with E-state index in [9.17, 15) is 13.6 Å². The predicted molar refractivity (Wildman–Crippen MR) is 56.4 cm³/mol. The summed E-state index contributed by atoms with van der Waals surface area (Å²) in [6, 6.07) is 4.57. The van der Waals surface area contributed by atoms with Crippen molar-refractivity contribution < 1.29 is 13.6 Å². The van der Waals surface area contributed by atoms with E-state index in [4.69, 9.17) is 0 Å². The van der Waals surface area contributed by atoms with Crippen LogP contribution in [0.15, 0.2) is 36.8 Å². The minimum Gasteiger partial charge on any atom is -0.292 e. The lowest BCUT2D eigenvalue weighted by Gasteiger charge is -2.02. The maximum Gasteiger partial charge on any atom is 0.185 e. The second-order valence-electron chi connectivity index (χ2n) is 3.43. The quantitative estimate of drug-likeness (QED) is 0.764. The summed E-state index contributed by atoms with van der Waals surface area (Å²) in [6.45, 7) is 0. The van der Waals surface area contributed by atoms with Gasteiger partial charge in [0, 0.05) is 18.7 Å². The van der Waals surface area contributed by atoms with Crippen molar-refractivity contribution in [1.29, 1.82) is 0 Å². The third kappa shape index (κ3) is 2.69. The minimum atomic E-state index is -0.729. The van der Waals surface area contributed by atoms with Gasteiger partial charge in [-0.25, -0.2) is 18.7 Å². The molecule has 0 saturated heterocycles. The second-order valence-corrected chi connectivity index (χ2v) is 3.43. The van der Waals surface area contributed by atoms with Crippen LogP contribution in [-0.2, 0) is 6.42 Å². The smallest absolute Gasteiger partial charge is 0.185 e. The Balaban J connectivity index is 2.19. The summed E-state index contributed by atoms with van der Waals surface area (Å²) in [5, 5.41) is 0. The summed E-state index contributed by atoms with van der Waals surface area (Å²) < 4.78 is 26.0. The molecule has 0 aliphatic heterocycles. The number of rotatable bonds is 3. The molecule has 0 aliphatic carbocycles. The van der Waals surface area contributed by atoms with Crippen molar-refractivity contribution in [2.45, 2.75) is 6.42 Å². The largest absolute Gasteiger partial charge is 0.292 e. The molecule has 2 rings (SSSR count). The molecule has 0 aliphatic rings. The zero-order chi connectivity index (χ0) is 12.3. The fourth-order valence-electron chi connectivity index (χ4n) is 1.38. The molecule has 0 fully saturated rings. The van der Waals surface area contributed by atoms with Crippen LogP contribution in [0.2, 0.25) is 0 Å². The molecule has 1 heterocycles. The molecule has 0 unspecified atom stereocenters. The number of halogens is 2. The molecule has 0 radical (unpaired) electrons. The van der Waals surface area contributed by atoms with Crippen LogP contribution in [0.3, 0.4) is 0 Å². The molecular formula is C12H8F2N2O. The van der Waals surface area contributed by atoms with Gasteiger partial charge in [0.2, 0.25) is 0 Å². The first kappa shape index (κ1) is 11.3. The highest BCUT2D eigenvalue weighted by Gasteiger charge is 2.11. The molecule has 3 nitrogen and oxygen atoms in total. The predicted octanol–water partition coefficient (Wildman–Crippen LogP) is 2.18. The first-order valence-corrected chi connectivity index (χ1v) is 4.90. The van der Waals surface area contributed by atoms with Gasteiger partial charge in [0.15, 0.2) is 5.78 Å². The Hall–Kier alpha value is -2.17. The molecule has 17 heavy (non-hydrogen) atoms. The van der Waals surface area contributed by atoms with E-state index in [0.29, 0.717) is 0 Å². The molecule has 0 atom stereocenters. The van der Waals surface area contributed by atoms with Crippen LogP contribution < -0.4 is 0 Å². The van der Waals surface area contributed by atoms with Crippen LogP contribution >= 0.6 is 0 Å². The Morgan fingerprint density at radius 1 is 1.24 bits per heavy atom. The number of nitrogens with zero attached hydrogens (tertiary/aromatic N) is 2. The maximum absolute atomic E-state index is 13.3. The van der Waals surface area contributed by atoms with Crippen LogP contribution in [0.25, 0.3) is 0 Å². The highest BCUT2D eigenvalue weighted by atomic mass is 19.1. The summed E-state index contributed by atoms with van der Waals surface area (Å²) in [4.78, 5) is 19.1. The van der Waals surface area contributed by atoms with Gasteiger partial charge in [0.1, 0.15) is 23.7 Å². The second kappa shape index (κ2) is 4.78. The third-order valence-corrected chi connectivity index (χ3v) is 2.23. The van der Waals surface area contributed by atoms with E-state index in [2.05, 4.69) is 9.97 Å². The highest BCUT2D eigenvalue weighted by molar-refractivity contribution is 5.95. The molecule has 86 valence electrons. The van der Waals surface area contributed by atoms with Gasteiger partial charge in [-0.15, -0.1) is 0 Å². The molecule has 0 N–H and O–H groups in total. The number of ketones is 1. The lowest BCUT2D eigenvalue weighted by Crippen LogP contribution is -2.07. The number of benzene rings is 1. The van der Waals surface area contributed by atoms with Crippen molar-refractivity contribution in [3.05, 3.63) is 59.7 Å². The molecule has 0 spiro atoms. The molecule has 0 bridgehead atoms. The number of carbonyl (C=O) groups is 1. The van der Waals surface area contributed by atoms with Gasteiger partial charge in [-0.1, -0.05) is 6.07 Å². The molecular weight excluding hydrogens is 226 g/mol. The fraction of sp³-hybridized carbons (Fsp3) is 0.0833. The standard InChI is InChI=1S/C12H8F2N2O/c13-9-2-1-8(10(14)6-9)5-12(17)11-3-4-15-7-16-11/h1-4,6-7H,5H2. The van der Waals surface area contributed by atoms with E-state index in [1.165, 1.54) is 24.7 Å². The van der Waals surface area contributed by atoms with Crippen molar-refractivity contribution in [2.24, 2.45) is 0 Å². The lowest BCUT2D eigenvalue weighted by molar-refractivity contribution is 0.0987. The molecule has 1 aromatic carbocycles. The average Bonchev–Trinajstić information content (AvgIpc) is 2.34.